The van der Waals surface area contributed by atoms with Crippen LogP contribution in [0.5, 0.6) is 0 Å². The summed E-state index contributed by atoms with van der Waals surface area (Å²) in [7, 11) is 0. The minimum atomic E-state index is -0.951. The molecule has 0 spiro atoms. The van der Waals surface area contributed by atoms with Crippen molar-refractivity contribution in [1.29, 1.82) is 0 Å². The quantitative estimate of drug-likeness (QED) is 0.736. The molecule has 0 aliphatic heterocycles. The highest BCUT2D eigenvalue weighted by molar-refractivity contribution is 9.10. The lowest BCUT2D eigenvalue weighted by Crippen LogP contribution is -2.25. The number of halogens is 1. The van der Waals surface area contributed by atoms with Gasteiger partial charge in [0.05, 0.1) is 18.2 Å². The summed E-state index contributed by atoms with van der Waals surface area (Å²) in [5.41, 5.74) is 3.36. The van der Waals surface area contributed by atoms with Crippen molar-refractivity contribution in [1.82, 2.24) is 5.32 Å². The first-order valence-electron chi connectivity index (χ1n) is 6.94. The Bertz CT molecular complexity index is 673. The van der Waals surface area contributed by atoms with Crippen LogP contribution in [-0.2, 0) is 6.54 Å². The van der Waals surface area contributed by atoms with Crippen molar-refractivity contribution in [3.63, 3.8) is 0 Å². The smallest absolute Gasteiger partial charge is 0.335 e. The van der Waals surface area contributed by atoms with Crippen LogP contribution < -0.4 is 5.32 Å². The molecule has 0 amide bonds. The van der Waals surface area contributed by atoms with E-state index in [4.69, 9.17) is 5.11 Å². The summed E-state index contributed by atoms with van der Waals surface area (Å²) in [5, 5.41) is 21.9. The average Bonchev–Trinajstić information content (AvgIpc) is 2.50. The Morgan fingerprint density at radius 1 is 1.27 bits per heavy atom. The van der Waals surface area contributed by atoms with Crippen LogP contribution in [0.1, 0.15) is 33.1 Å². The van der Waals surface area contributed by atoms with Crippen molar-refractivity contribution >= 4 is 21.9 Å². The zero-order valence-corrected chi connectivity index (χ0v) is 13.8. The summed E-state index contributed by atoms with van der Waals surface area (Å²) in [5.74, 6) is -0.951. The molecule has 0 saturated carbocycles. The number of nitrogens with one attached hydrogen (secondary N) is 1. The molecule has 116 valence electrons. The Morgan fingerprint density at radius 3 is 2.59 bits per heavy atom. The van der Waals surface area contributed by atoms with Crippen molar-refractivity contribution in [3.8, 4) is 0 Å². The average molecular weight is 364 g/mol. The molecule has 0 unspecified atom stereocenters. The van der Waals surface area contributed by atoms with Gasteiger partial charge in [0, 0.05) is 11.0 Å². The van der Waals surface area contributed by atoms with Gasteiger partial charge in [-0.05, 0) is 35.7 Å². The third kappa shape index (κ3) is 3.94. The second kappa shape index (κ2) is 7.54. The monoisotopic (exact) mass is 363 g/mol. The highest BCUT2D eigenvalue weighted by Gasteiger charge is 2.13. The third-order valence-electron chi connectivity index (χ3n) is 3.59. The number of aliphatic hydroxyl groups is 1. The van der Waals surface area contributed by atoms with Crippen molar-refractivity contribution in [2.45, 2.75) is 19.5 Å². The first kappa shape index (κ1) is 16.7. The molecule has 0 aromatic heterocycles. The summed E-state index contributed by atoms with van der Waals surface area (Å²) in [6.07, 6.45) is 0. The van der Waals surface area contributed by atoms with Crippen LogP contribution in [-0.4, -0.2) is 22.8 Å². The number of carboxylic acid groups (broad SMARTS) is 1. The lowest BCUT2D eigenvalue weighted by atomic mass is 10.0. The number of hydrogen-bond acceptors (Lipinski definition) is 3. The number of carboxylic acids is 1. The minimum Gasteiger partial charge on any atom is -0.478 e. The van der Waals surface area contributed by atoms with E-state index in [9.17, 15) is 9.90 Å². The van der Waals surface area contributed by atoms with E-state index < -0.39 is 5.97 Å². The maximum Gasteiger partial charge on any atom is 0.335 e. The van der Waals surface area contributed by atoms with E-state index in [1.807, 2.05) is 31.2 Å². The molecular weight excluding hydrogens is 346 g/mol. The zero-order valence-electron chi connectivity index (χ0n) is 12.2. The van der Waals surface area contributed by atoms with Crippen molar-refractivity contribution in [2.24, 2.45) is 0 Å². The highest BCUT2D eigenvalue weighted by atomic mass is 79.9. The van der Waals surface area contributed by atoms with E-state index in [0.29, 0.717) is 6.54 Å². The van der Waals surface area contributed by atoms with Crippen molar-refractivity contribution in [3.05, 3.63) is 69.2 Å². The van der Waals surface area contributed by atoms with E-state index in [1.165, 1.54) is 0 Å². The molecule has 2 aromatic carbocycles. The number of benzene rings is 2. The first-order valence-corrected chi connectivity index (χ1v) is 7.73. The molecule has 5 heteroatoms. The van der Waals surface area contributed by atoms with Crippen LogP contribution in [0.2, 0.25) is 0 Å². The van der Waals surface area contributed by atoms with Gasteiger partial charge < -0.3 is 15.5 Å². The van der Waals surface area contributed by atoms with Gasteiger partial charge in [-0.2, -0.15) is 0 Å². The Balaban J connectivity index is 2.11. The Labute approximate surface area is 137 Å². The van der Waals surface area contributed by atoms with Crippen LogP contribution in [0, 0.1) is 6.92 Å². The van der Waals surface area contributed by atoms with E-state index in [-0.39, 0.29) is 18.2 Å². The van der Waals surface area contributed by atoms with E-state index >= 15 is 0 Å². The van der Waals surface area contributed by atoms with Crippen molar-refractivity contribution < 1.29 is 15.0 Å². The number of rotatable bonds is 6. The molecule has 0 aliphatic rings. The summed E-state index contributed by atoms with van der Waals surface area (Å²) in [4.78, 5) is 10.9. The molecule has 0 saturated heterocycles. The maximum atomic E-state index is 10.9. The van der Waals surface area contributed by atoms with Gasteiger partial charge in [0.1, 0.15) is 0 Å². The Morgan fingerprint density at radius 2 is 2.00 bits per heavy atom. The molecule has 4 nitrogen and oxygen atoms in total. The van der Waals surface area contributed by atoms with Gasteiger partial charge in [-0.3, -0.25) is 0 Å². The number of aliphatic hydroxyl groups excluding tert-OH is 1. The summed E-state index contributed by atoms with van der Waals surface area (Å²) in [6.45, 7) is 2.53. The Kier molecular flexibility index (Phi) is 5.71. The molecule has 1 atom stereocenters. The molecule has 0 heterocycles. The standard InChI is InChI=1S/C17H18BrNO3/c1-11-4-2-3-5-14(11)16(10-20)19-9-13-7-6-12(17(21)22)8-15(13)18/h2-8,16,19-20H,9-10H2,1H3,(H,21,22)/t16-/m1/s1. The molecule has 3 N–H and O–H groups in total. The van der Waals surface area contributed by atoms with Crippen molar-refractivity contribution in [2.75, 3.05) is 6.61 Å². The predicted molar refractivity (Wildman–Crippen MR) is 88.9 cm³/mol. The third-order valence-corrected chi connectivity index (χ3v) is 4.32. The van der Waals surface area contributed by atoms with Gasteiger partial charge >= 0.3 is 5.97 Å². The summed E-state index contributed by atoms with van der Waals surface area (Å²) < 4.78 is 0.737. The predicted octanol–water partition coefficient (Wildman–Crippen LogP) is 3.28. The van der Waals surface area contributed by atoms with Gasteiger partial charge in [0.15, 0.2) is 0 Å². The van der Waals surface area contributed by atoms with Crippen LogP contribution in [0.15, 0.2) is 46.9 Å². The van der Waals surface area contributed by atoms with Gasteiger partial charge in [-0.25, -0.2) is 4.79 Å². The van der Waals surface area contributed by atoms with Crippen LogP contribution >= 0.6 is 15.9 Å². The number of aryl methyl sites for hydroxylation is 1. The molecule has 0 radical (unpaired) electrons. The second-order valence-electron chi connectivity index (χ2n) is 5.08. The largest absolute Gasteiger partial charge is 0.478 e. The van der Waals surface area contributed by atoms with E-state index in [2.05, 4.69) is 21.2 Å². The maximum absolute atomic E-state index is 10.9. The number of hydrogen-bond donors (Lipinski definition) is 3. The van der Waals surface area contributed by atoms with Crippen LogP contribution in [0.3, 0.4) is 0 Å². The lowest BCUT2D eigenvalue weighted by molar-refractivity contribution is 0.0697. The van der Waals surface area contributed by atoms with Crippen LogP contribution in [0.4, 0.5) is 0 Å². The van der Waals surface area contributed by atoms with Crippen LogP contribution in [0.25, 0.3) is 0 Å². The van der Waals surface area contributed by atoms with Gasteiger partial charge in [0.25, 0.3) is 0 Å². The fraction of sp³-hybridized carbons (Fsp3) is 0.235. The molecule has 0 fully saturated rings. The highest BCUT2D eigenvalue weighted by Crippen LogP contribution is 2.21. The summed E-state index contributed by atoms with van der Waals surface area (Å²) >= 11 is 3.39. The molecule has 0 aliphatic carbocycles. The first-order chi connectivity index (χ1) is 10.5. The van der Waals surface area contributed by atoms with Gasteiger partial charge in [-0.15, -0.1) is 0 Å². The molecular formula is C17H18BrNO3. The molecule has 0 bridgehead atoms. The fourth-order valence-electron chi connectivity index (χ4n) is 2.31. The lowest BCUT2D eigenvalue weighted by Gasteiger charge is -2.19. The fourth-order valence-corrected chi connectivity index (χ4v) is 2.83. The number of carbonyl (C=O) groups is 1. The Hall–Kier alpha value is -1.69. The minimum absolute atomic E-state index is 0.00428. The molecule has 2 rings (SSSR count). The topological polar surface area (TPSA) is 69.6 Å². The SMILES string of the molecule is Cc1ccccc1[C@@H](CO)NCc1ccc(C(=O)O)cc1Br. The molecule has 2 aromatic rings. The summed E-state index contributed by atoms with van der Waals surface area (Å²) in [6, 6.07) is 12.7. The van der Waals surface area contributed by atoms with E-state index in [1.54, 1.807) is 18.2 Å². The molecule has 22 heavy (non-hydrogen) atoms. The van der Waals surface area contributed by atoms with E-state index in [0.717, 1.165) is 21.2 Å². The van der Waals surface area contributed by atoms with Gasteiger partial charge in [-0.1, -0.05) is 46.3 Å². The van der Waals surface area contributed by atoms with Gasteiger partial charge in [0.2, 0.25) is 0 Å². The normalized spacial score (nSPS) is 12.1. The number of aromatic carboxylic acids is 1. The second-order valence-corrected chi connectivity index (χ2v) is 5.94. The zero-order chi connectivity index (χ0) is 16.1.